The van der Waals surface area contributed by atoms with Crippen molar-refractivity contribution in [3.63, 3.8) is 0 Å². The number of carbonyl (C=O) groups excluding carboxylic acids is 4. The number of fused-ring (bicyclic) bond motifs is 1. The number of alkyl halides is 2. The molecule has 2 aliphatic rings. The third kappa shape index (κ3) is 4.45. The van der Waals surface area contributed by atoms with Gasteiger partial charge in [-0.15, -0.1) is 0 Å². The Labute approximate surface area is 215 Å². The Morgan fingerprint density at radius 2 is 1.75 bits per heavy atom. The van der Waals surface area contributed by atoms with Gasteiger partial charge in [-0.2, -0.15) is 8.78 Å². The summed E-state index contributed by atoms with van der Waals surface area (Å²) >= 11 is 5.71. The van der Waals surface area contributed by atoms with Gasteiger partial charge in [0.25, 0.3) is 11.8 Å². The maximum absolute atomic E-state index is 14.7. The van der Waals surface area contributed by atoms with Gasteiger partial charge >= 0.3 is 5.92 Å². The molecule has 2 unspecified atom stereocenters. The molecule has 1 fully saturated rings. The highest BCUT2D eigenvalue weighted by atomic mass is 35.5. The zero-order valence-corrected chi connectivity index (χ0v) is 19.3. The van der Waals surface area contributed by atoms with Crippen LogP contribution in [-0.2, 0) is 25.6 Å². The number of hydrogen-bond acceptors (Lipinski definition) is 4. The molecule has 2 N–H and O–H groups in total. The van der Waals surface area contributed by atoms with E-state index in [1.165, 1.54) is 18.2 Å². The lowest BCUT2D eigenvalue weighted by atomic mass is 9.57. The van der Waals surface area contributed by atoms with Crippen LogP contribution in [0.1, 0.15) is 45.8 Å². The van der Waals surface area contributed by atoms with Crippen molar-refractivity contribution in [2.24, 2.45) is 0 Å². The lowest BCUT2D eigenvalue weighted by molar-refractivity contribution is -0.147. The van der Waals surface area contributed by atoms with Crippen LogP contribution in [0.15, 0.2) is 36.4 Å². The average Bonchev–Trinajstić information content (AvgIpc) is 3.04. The zero-order chi connectivity index (χ0) is 26.6. The van der Waals surface area contributed by atoms with Crippen LogP contribution in [-0.4, -0.2) is 66.0 Å². The summed E-state index contributed by atoms with van der Waals surface area (Å²) in [5, 5.41) is 1.90. The molecular formula is C22H14B4ClF2N3O4. The van der Waals surface area contributed by atoms with Gasteiger partial charge in [-0.3, -0.25) is 24.5 Å². The van der Waals surface area contributed by atoms with Gasteiger partial charge in [0, 0.05) is 28.5 Å². The number of halogens is 3. The summed E-state index contributed by atoms with van der Waals surface area (Å²) in [5.41, 5.74) is -0.798. The smallest absolute Gasteiger partial charge is 0.349 e. The van der Waals surface area contributed by atoms with Gasteiger partial charge in [-0.1, -0.05) is 41.3 Å². The van der Waals surface area contributed by atoms with E-state index in [1.54, 1.807) is 0 Å². The van der Waals surface area contributed by atoms with Crippen molar-refractivity contribution in [1.82, 2.24) is 15.5 Å². The Hall–Kier alpha value is -3.07. The van der Waals surface area contributed by atoms with Crippen LogP contribution in [0, 0.1) is 0 Å². The Kier molecular flexibility index (Phi) is 6.58. The maximum atomic E-state index is 14.7. The molecular weight excluding hydrogens is 487 g/mol. The molecule has 1 saturated heterocycles. The molecule has 0 bridgehead atoms. The standard InChI is InChI=1S/C22H14B4ClF2N3O4/c23-13-8-10(22(25,26)31-20(36)21(28,29)9-1-3-11(27)4-2-9)7-12-16(13)19(35)32(17(12)24)14-5-6-15(33)30-18(14)34/h1-4,7-8,14,17H,5-6H2,(H,31,36)(H,30,33,34). The number of rotatable bonds is 5. The summed E-state index contributed by atoms with van der Waals surface area (Å²) in [6.45, 7) is 0. The second-order valence-corrected chi connectivity index (χ2v) is 8.99. The summed E-state index contributed by atoms with van der Waals surface area (Å²) < 4.78 is 29.5. The molecule has 0 aromatic heterocycles. The fourth-order valence-corrected chi connectivity index (χ4v) is 4.35. The van der Waals surface area contributed by atoms with Crippen molar-refractivity contribution in [1.29, 1.82) is 0 Å². The number of benzene rings is 2. The molecule has 0 saturated carbocycles. The number of amides is 4. The molecule has 2 aliphatic heterocycles. The van der Waals surface area contributed by atoms with Gasteiger partial charge in [0.2, 0.25) is 11.8 Å². The molecule has 0 aliphatic carbocycles. The van der Waals surface area contributed by atoms with E-state index in [2.05, 4.69) is 5.32 Å². The molecule has 4 amide bonds. The Morgan fingerprint density at radius 3 is 2.36 bits per heavy atom. The monoisotopic (exact) mass is 501 g/mol. The zero-order valence-electron chi connectivity index (χ0n) is 18.6. The summed E-state index contributed by atoms with van der Waals surface area (Å²) in [5.74, 6) is -8.80. The third-order valence-electron chi connectivity index (χ3n) is 6.10. The Morgan fingerprint density at radius 1 is 1.11 bits per heavy atom. The first kappa shape index (κ1) is 26.0. The molecule has 7 nitrogen and oxygen atoms in total. The van der Waals surface area contributed by atoms with Crippen LogP contribution >= 0.6 is 11.6 Å². The van der Waals surface area contributed by atoms with Gasteiger partial charge in [0.05, 0.1) is 15.7 Å². The Balaban J connectivity index is 1.62. The third-order valence-corrected chi connectivity index (χ3v) is 6.35. The minimum absolute atomic E-state index is 0.00651. The lowest BCUT2D eigenvalue weighted by Gasteiger charge is -2.33. The minimum Gasteiger partial charge on any atom is -0.358 e. The van der Waals surface area contributed by atoms with Crippen LogP contribution in [0.5, 0.6) is 0 Å². The molecule has 14 heteroatoms. The number of imide groups is 1. The average molecular weight is 501 g/mol. The van der Waals surface area contributed by atoms with Crippen LogP contribution in [0.2, 0.25) is 5.02 Å². The molecule has 0 spiro atoms. The van der Waals surface area contributed by atoms with Crippen LogP contribution in [0.4, 0.5) is 8.78 Å². The quantitative estimate of drug-likeness (QED) is 0.443. The lowest BCUT2D eigenvalue weighted by Crippen LogP contribution is -2.53. The number of nitrogens with zero attached hydrogens (tertiary/aromatic N) is 1. The van der Waals surface area contributed by atoms with E-state index in [9.17, 15) is 28.0 Å². The van der Waals surface area contributed by atoms with Crippen molar-refractivity contribution in [3.05, 3.63) is 63.7 Å². The van der Waals surface area contributed by atoms with Crippen LogP contribution in [0.3, 0.4) is 0 Å². The molecule has 4 rings (SSSR count). The Bertz CT molecular complexity index is 1290. The molecule has 174 valence electrons. The second kappa shape index (κ2) is 9.10. The predicted octanol–water partition coefficient (Wildman–Crippen LogP) is -0.0826. The SMILES string of the molecule is [B]c1cc(C([B])([B])NC(=O)C(F)(F)c2ccc(Cl)cc2)cc2c1C(=O)N(C1CCC(=O)NC1=O)C2[B]. The highest BCUT2D eigenvalue weighted by Gasteiger charge is 2.45. The van der Waals surface area contributed by atoms with Crippen molar-refractivity contribution in [2.45, 2.75) is 36.1 Å². The molecule has 2 aromatic rings. The van der Waals surface area contributed by atoms with Crippen molar-refractivity contribution in [3.8, 4) is 0 Å². The normalized spacial score (nSPS) is 20.2. The summed E-state index contributed by atoms with van der Waals surface area (Å²) in [6, 6.07) is 5.74. The van der Waals surface area contributed by atoms with Crippen molar-refractivity contribution in [2.75, 3.05) is 0 Å². The molecule has 36 heavy (non-hydrogen) atoms. The van der Waals surface area contributed by atoms with Gasteiger partial charge in [0.1, 0.15) is 21.7 Å². The summed E-state index contributed by atoms with van der Waals surface area (Å²) in [4.78, 5) is 50.4. The highest BCUT2D eigenvalue weighted by molar-refractivity contribution is 6.42. The molecule has 8 radical (unpaired) electrons. The minimum atomic E-state index is -4.01. The van der Waals surface area contributed by atoms with E-state index >= 15 is 0 Å². The second-order valence-electron chi connectivity index (χ2n) is 8.56. The predicted molar refractivity (Wildman–Crippen MR) is 129 cm³/mol. The summed E-state index contributed by atoms with van der Waals surface area (Å²) in [7, 11) is 24.3. The number of piperidine rings is 1. The number of nitrogens with one attached hydrogen (secondary N) is 2. The van der Waals surface area contributed by atoms with Gasteiger partial charge in [-0.25, -0.2) is 0 Å². The largest absolute Gasteiger partial charge is 0.358 e. The molecule has 2 heterocycles. The topological polar surface area (TPSA) is 95.6 Å². The van der Waals surface area contributed by atoms with E-state index in [0.717, 1.165) is 23.1 Å². The van der Waals surface area contributed by atoms with E-state index in [0.29, 0.717) is 0 Å². The van der Waals surface area contributed by atoms with E-state index in [-0.39, 0.29) is 40.0 Å². The van der Waals surface area contributed by atoms with Crippen LogP contribution < -0.4 is 16.1 Å². The number of carbonyl (C=O) groups is 4. The first-order valence-corrected chi connectivity index (χ1v) is 11.0. The van der Waals surface area contributed by atoms with E-state index in [4.69, 9.17) is 43.0 Å². The molecule has 2 aromatic carbocycles. The fourth-order valence-electron chi connectivity index (χ4n) is 4.22. The highest BCUT2D eigenvalue weighted by Crippen LogP contribution is 2.36. The van der Waals surface area contributed by atoms with E-state index in [1.807, 2.05) is 5.32 Å². The fraction of sp³-hybridized carbons (Fsp3) is 0.273. The van der Waals surface area contributed by atoms with Crippen LogP contribution in [0.25, 0.3) is 0 Å². The van der Waals surface area contributed by atoms with Gasteiger partial charge < -0.3 is 10.2 Å². The first-order valence-electron chi connectivity index (χ1n) is 10.6. The molecule has 2 atom stereocenters. The van der Waals surface area contributed by atoms with Crippen molar-refractivity contribution >= 4 is 72.1 Å². The van der Waals surface area contributed by atoms with Crippen molar-refractivity contribution < 1.29 is 28.0 Å². The van der Waals surface area contributed by atoms with Gasteiger partial charge in [-0.05, 0) is 35.0 Å². The van der Waals surface area contributed by atoms with Gasteiger partial charge in [0.15, 0.2) is 0 Å². The maximum Gasteiger partial charge on any atom is 0.349 e. The number of hydrogen-bond donors (Lipinski definition) is 2. The van der Waals surface area contributed by atoms with E-state index < -0.39 is 52.4 Å². The first-order chi connectivity index (χ1) is 16.7. The summed E-state index contributed by atoms with van der Waals surface area (Å²) in [6.07, 6.45) is 0.0605.